The van der Waals surface area contributed by atoms with Gasteiger partial charge in [0.2, 0.25) is 0 Å². The van der Waals surface area contributed by atoms with Crippen molar-refractivity contribution in [3.05, 3.63) is 42.1 Å². The van der Waals surface area contributed by atoms with E-state index in [0.29, 0.717) is 51.4 Å². The third-order valence-corrected chi connectivity index (χ3v) is 12.7. The lowest BCUT2D eigenvalue weighted by molar-refractivity contribution is -0.239. The third-order valence-electron chi connectivity index (χ3n) is 10.8. The van der Waals surface area contributed by atoms with Crippen LogP contribution in [-0.4, -0.2) is 126 Å². The van der Waals surface area contributed by atoms with Crippen LogP contribution >= 0.6 is 0 Å². The molecular weight excluding hydrogens is 703 g/mol. The molecule has 288 valence electrons. The van der Waals surface area contributed by atoms with Crippen LogP contribution in [0.1, 0.15) is 76.6 Å². The normalized spacial score (nSPS) is 24.9. The van der Waals surface area contributed by atoms with E-state index in [2.05, 4.69) is 24.5 Å². The number of alkyl halides is 2. The van der Waals surface area contributed by atoms with Gasteiger partial charge in [0.05, 0.1) is 24.9 Å². The first-order valence-corrected chi connectivity index (χ1v) is 19.6. The van der Waals surface area contributed by atoms with Gasteiger partial charge < -0.3 is 24.4 Å². The topological polar surface area (TPSA) is 141 Å². The molecule has 3 aliphatic heterocycles. The minimum Gasteiger partial charge on any atom is -0.451 e. The molecule has 0 bridgehead atoms. The molecule has 4 fully saturated rings. The Morgan fingerprint density at radius 1 is 1.13 bits per heavy atom. The Morgan fingerprint density at radius 2 is 1.83 bits per heavy atom. The number of hydrogen-bond donors (Lipinski definition) is 2. The number of rotatable bonds is 13. The van der Waals surface area contributed by atoms with Crippen LogP contribution in [0.5, 0.6) is 11.5 Å². The summed E-state index contributed by atoms with van der Waals surface area (Å²) < 4.78 is 83.3. The zero-order valence-corrected chi connectivity index (χ0v) is 31.0. The van der Waals surface area contributed by atoms with Gasteiger partial charge in [0, 0.05) is 69.0 Å². The van der Waals surface area contributed by atoms with Gasteiger partial charge in [-0.15, -0.1) is 0 Å². The maximum atomic E-state index is 14.5. The number of halogens is 3. The lowest BCUT2D eigenvalue weighted by atomic mass is 9.72. The van der Waals surface area contributed by atoms with E-state index in [4.69, 9.17) is 9.47 Å². The molecular formula is C35H50F3N7O6S. The van der Waals surface area contributed by atoms with Crippen molar-refractivity contribution in [2.75, 3.05) is 57.3 Å². The van der Waals surface area contributed by atoms with Crippen molar-refractivity contribution >= 4 is 21.9 Å². The van der Waals surface area contributed by atoms with E-state index in [1.807, 2.05) is 0 Å². The Hall–Kier alpha value is -3.09. The van der Waals surface area contributed by atoms with Gasteiger partial charge in [0.1, 0.15) is 17.9 Å². The van der Waals surface area contributed by atoms with Gasteiger partial charge in [0.25, 0.3) is 22.0 Å². The Morgan fingerprint density at radius 3 is 2.42 bits per heavy atom. The number of nitrogens with one attached hydrogen (secondary N) is 1. The van der Waals surface area contributed by atoms with Gasteiger partial charge in [-0.05, 0) is 64.4 Å². The summed E-state index contributed by atoms with van der Waals surface area (Å²) in [5.74, 6) is -4.51. The number of anilines is 1. The van der Waals surface area contributed by atoms with Crippen LogP contribution in [0.3, 0.4) is 0 Å². The average Bonchev–Trinajstić information content (AvgIpc) is 3.06. The molecule has 6 rings (SSSR count). The minimum absolute atomic E-state index is 0.0299. The Kier molecular flexibility index (Phi) is 11.1. The summed E-state index contributed by atoms with van der Waals surface area (Å²) in [6.45, 7) is 11.1. The highest BCUT2D eigenvalue weighted by atomic mass is 32.2. The van der Waals surface area contributed by atoms with Gasteiger partial charge in [-0.1, -0.05) is 13.8 Å². The first-order valence-electron chi connectivity index (χ1n) is 18.1. The van der Waals surface area contributed by atoms with Crippen LogP contribution in [0.2, 0.25) is 0 Å². The van der Waals surface area contributed by atoms with Crippen molar-refractivity contribution in [1.82, 2.24) is 28.8 Å². The van der Waals surface area contributed by atoms with Gasteiger partial charge in [-0.2, -0.15) is 17.4 Å². The second-order valence-corrected chi connectivity index (χ2v) is 16.7. The van der Waals surface area contributed by atoms with Crippen molar-refractivity contribution in [3.63, 3.8) is 0 Å². The number of β-amino-alcohol motifs (C(OH)–C–C–N with tert-alkyl or cyclic N) is 1. The van der Waals surface area contributed by atoms with Crippen molar-refractivity contribution in [3.8, 4) is 11.5 Å². The summed E-state index contributed by atoms with van der Waals surface area (Å²) in [6.07, 6.45) is 4.58. The van der Waals surface area contributed by atoms with Gasteiger partial charge in [-0.3, -0.25) is 9.69 Å². The predicted octanol–water partition coefficient (Wildman–Crippen LogP) is 4.00. The molecule has 4 aliphatic rings. The molecule has 1 spiro atoms. The van der Waals surface area contributed by atoms with Crippen LogP contribution in [0.25, 0.3) is 0 Å². The Bertz CT molecular complexity index is 1680. The molecule has 1 saturated carbocycles. The van der Waals surface area contributed by atoms with E-state index in [-0.39, 0.29) is 35.1 Å². The highest BCUT2D eigenvalue weighted by Gasteiger charge is 2.50. The van der Waals surface area contributed by atoms with E-state index < -0.39 is 58.6 Å². The van der Waals surface area contributed by atoms with Crippen LogP contribution < -0.4 is 14.4 Å². The van der Waals surface area contributed by atoms with Crippen molar-refractivity contribution in [1.29, 1.82) is 0 Å². The zero-order chi connectivity index (χ0) is 37.5. The van der Waals surface area contributed by atoms with Crippen LogP contribution in [0.4, 0.5) is 19.0 Å². The number of carbonyl (C=O) groups is 1. The number of aromatic nitrogens is 2. The van der Waals surface area contributed by atoms with Crippen molar-refractivity contribution in [2.45, 2.75) is 96.1 Å². The highest BCUT2D eigenvalue weighted by Crippen LogP contribution is 2.46. The Balaban J connectivity index is 1.04. The van der Waals surface area contributed by atoms with E-state index in [0.717, 1.165) is 32.0 Å². The molecule has 17 heteroatoms. The number of carbonyl (C=O) groups excluding carboxylic acids is 1. The molecule has 0 unspecified atom stereocenters. The van der Waals surface area contributed by atoms with Crippen molar-refractivity contribution < 1.29 is 41.0 Å². The number of aliphatic hydroxyl groups is 1. The molecule has 0 radical (unpaired) electrons. The highest BCUT2D eigenvalue weighted by molar-refractivity contribution is 7.87. The van der Waals surface area contributed by atoms with E-state index in [1.54, 1.807) is 27.7 Å². The van der Waals surface area contributed by atoms with Crippen molar-refractivity contribution in [2.24, 2.45) is 5.41 Å². The second kappa shape index (κ2) is 15.0. The third kappa shape index (κ3) is 8.34. The van der Waals surface area contributed by atoms with E-state index >= 15 is 0 Å². The van der Waals surface area contributed by atoms with Crippen LogP contribution in [0, 0.1) is 11.2 Å². The molecule has 52 heavy (non-hydrogen) atoms. The molecule has 1 aliphatic carbocycles. The first-order chi connectivity index (χ1) is 24.5. The molecule has 1 aromatic carbocycles. The minimum atomic E-state index is -3.62. The van der Waals surface area contributed by atoms with E-state index in [1.165, 1.54) is 33.9 Å². The number of amides is 1. The largest absolute Gasteiger partial charge is 0.451 e. The SMILES string of the molecule is CCN(CC)S(=O)(=O)N[C@@H]1CC[C@](O)(CN2CCC3(CC2)CN(c2ncncc2Oc2ccc(F)cc2C(=O)N(C(C)C)C2CC(F)(F)C2)C3)OC1. The molecule has 1 amide bonds. The number of hydrogen-bond acceptors (Lipinski definition) is 10. The summed E-state index contributed by atoms with van der Waals surface area (Å²) >= 11 is 0. The fraction of sp³-hybridized carbons (Fsp3) is 0.686. The fourth-order valence-electron chi connectivity index (χ4n) is 7.93. The number of nitrogens with zero attached hydrogens (tertiary/aromatic N) is 6. The average molecular weight is 754 g/mol. The zero-order valence-electron chi connectivity index (χ0n) is 30.2. The number of likely N-dealkylation sites (tertiary alicyclic amines) is 1. The molecule has 4 heterocycles. The Labute approximate surface area is 303 Å². The number of piperidine rings is 1. The number of ether oxygens (including phenoxy) is 2. The molecule has 3 saturated heterocycles. The molecule has 2 aromatic rings. The quantitative estimate of drug-likeness (QED) is 0.309. The molecule has 2 atom stereocenters. The lowest BCUT2D eigenvalue weighted by Gasteiger charge is -2.55. The van der Waals surface area contributed by atoms with Gasteiger partial charge in [0.15, 0.2) is 17.4 Å². The molecule has 13 nitrogen and oxygen atoms in total. The first kappa shape index (κ1) is 38.6. The maximum absolute atomic E-state index is 14.5. The summed E-state index contributed by atoms with van der Waals surface area (Å²) in [4.78, 5) is 27.9. The summed E-state index contributed by atoms with van der Waals surface area (Å²) in [5, 5.41) is 11.2. The van der Waals surface area contributed by atoms with Crippen LogP contribution in [0.15, 0.2) is 30.7 Å². The summed E-state index contributed by atoms with van der Waals surface area (Å²) in [5.41, 5.74) is -0.0338. The summed E-state index contributed by atoms with van der Waals surface area (Å²) in [7, 11) is -3.62. The van der Waals surface area contributed by atoms with Gasteiger partial charge >= 0.3 is 0 Å². The molecule has 1 aromatic heterocycles. The van der Waals surface area contributed by atoms with Crippen LogP contribution in [-0.2, 0) is 14.9 Å². The smallest absolute Gasteiger partial charge is 0.279 e. The predicted molar refractivity (Wildman–Crippen MR) is 187 cm³/mol. The molecule has 2 N–H and O–H groups in total. The maximum Gasteiger partial charge on any atom is 0.279 e. The standard InChI is InChI=1S/C35H50F3N7O6S/c1-5-44(6-2)52(48,49)41-26-9-10-35(47,50-19-26)22-42-13-11-33(12-14-42)20-43(21-33)31-30(18-39-23-40-31)51-29-8-7-25(36)15-28(29)32(46)45(24(3)4)27-16-34(37,38)17-27/h7-8,15,18,23-24,26-27,41,47H,5-6,9-14,16-17,19-22H2,1-4H3/t26-,35-/m1/s1. The fourth-order valence-corrected chi connectivity index (χ4v) is 9.36. The van der Waals surface area contributed by atoms with Gasteiger partial charge in [-0.25, -0.2) is 23.1 Å². The summed E-state index contributed by atoms with van der Waals surface area (Å²) in [6, 6.07) is 2.16. The second-order valence-electron chi connectivity index (χ2n) is 15.0. The van der Waals surface area contributed by atoms with E-state index in [9.17, 15) is 31.5 Å². The monoisotopic (exact) mass is 753 g/mol. The lowest BCUT2D eigenvalue weighted by Crippen LogP contribution is -2.62. The number of benzene rings is 1.